The molecule has 0 aliphatic carbocycles. The number of hydrogen-bond donors (Lipinski definition) is 3. The van der Waals surface area contributed by atoms with Gasteiger partial charge in [0.15, 0.2) is 11.5 Å². The molecule has 1 aliphatic rings. The molecule has 1 heterocycles. The molecule has 0 unspecified atom stereocenters. The lowest BCUT2D eigenvalue weighted by Gasteiger charge is -2.03. The number of aryl methyl sites for hydroxylation is 1. The molecule has 0 saturated heterocycles. The summed E-state index contributed by atoms with van der Waals surface area (Å²) < 4.78 is 5.22. The Morgan fingerprint density at radius 3 is 2.46 bits per heavy atom. The Labute approximate surface area is 138 Å². The standard InChI is InChI=1S/C19H16O5/c1-2-12-7-11(3-5-15(12)20)8-14-10-18(24-19(14)23)13-4-6-16(21)17(22)9-13/h3-10,20-22H,2H2,1H3/b14-8+. The van der Waals surface area contributed by atoms with Crippen LogP contribution >= 0.6 is 0 Å². The Morgan fingerprint density at radius 1 is 1.00 bits per heavy atom. The summed E-state index contributed by atoms with van der Waals surface area (Å²) >= 11 is 0. The van der Waals surface area contributed by atoms with E-state index in [9.17, 15) is 20.1 Å². The molecule has 5 heteroatoms. The number of ether oxygens (including phenoxy) is 1. The fourth-order valence-electron chi connectivity index (χ4n) is 2.47. The van der Waals surface area contributed by atoms with Crippen LogP contribution < -0.4 is 0 Å². The van der Waals surface area contributed by atoms with E-state index in [0.717, 1.165) is 11.1 Å². The molecule has 0 spiro atoms. The summed E-state index contributed by atoms with van der Waals surface area (Å²) in [5.74, 6) is -0.493. The lowest BCUT2D eigenvalue weighted by molar-refractivity contribution is -0.130. The van der Waals surface area contributed by atoms with Gasteiger partial charge in [0.2, 0.25) is 0 Å². The van der Waals surface area contributed by atoms with E-state index in [2.05, 4.69) is 0 Å². The molecule has 0 radical (unpaired) electrons. The number of esters is 1. The summed E-state index contributed by atoms with van der Waals surface area (Å²) in [4.78, 5) is 12.0. The van der Waals surface area contributed by atoms with Crippen LogP contribution in [0.15, 0.2) is 48.0 Å². The third kappa shape index (κ3) is 2.96. The van der Waals surface area contributed by atoms with Crippen LogP contribution in [0.4, 0.5) is 0 Å². The van der Waals surface area contributed by atoms with Crippen LogP contribution in [0.25, 0.3) is 11.8 Å². The lowest BCUT2D eigenvalue weighted by atomic mass is 10.0. The lowest BCUT2D eigenvalue weighted by Crippen LogP contribution is -1.97. The molecule has 0 bridgehead atoms. The molecule has 0 aromatic heterocycles. The zero-order valence-corrected chi connectivity index (χ0v) is 13.0. The Balaban J connectivity index is 1.95. The van der Waals surface area contributed by atoms with Crippen molar-refractivity contribution in [3.05, 3.63) is 64.7 Å². The maximum Gasteiger partial charge on any atom is 0.343 e. The van der Waals surface area contributed by atoms with Crippen molar-refractivity contribution < 1.29 is 24.9 Å². The van der Waals surface area contributed by atoms with E-state index in [4.69, 9.17) is 4.74 Å². The minimum absolute atomic E-state index is 0.226. The normalized spacial score (nSPS) is 15.5. The van der Waals surface area contributed by atoms with Crippen LogP contribution in [0, 0.1) is 0 Å². The van der Waals surface area contributed by atoms with Crippen molar-refractivity contribution in [3.63, 3.8) is 0 Å². The van der Waals surface area contributed by atoms with E-state index in [1.807, 2.05) is 13.0 Å². The minimum atomic E-state index is -0.497. The number of aromatic hydroxyl groups is 3. The zero-order valence-electron chi connectivity index (χ0n) is 13.0. The maximum absolute atomic E-state index is 12.0. The minimum Gasteiger partial charge on any atom is -0.508 e. The summed E-state index contributed by atoms with van der Waals surface area (Å²) in [6.45, 7) is 1.94. The molecule has 3 N–H and O–H groups in total. The van der Waals surface area contributed by atoms with Gasteiger partial charge < -0.3 is 20.1 Å². The van der Waals surface area contributed by atoms with Crippen LogP contribution in [0.5, 0.6) is 17.2 Å². The van der Waals surface area contributed by atoms with Crippen LogP contribution in [-0.2, 0) is 16.0 Å². The number of hydrogen-bond acceptors (Lipinski definition) is 5. The highest BCUT2D eigenvalue weighted by Gasteiger charge is 2.22. The molecule has 5 nitrogen and oxygen atoms in total. The number of rotatable bonds is 3. The van der Waals surface area contributed by atoms with Gasteiger partial charge in [-0.1, -0.05) is 13.0 Å². The van der Waals surface area contributed by atoms with Crippen molar-refractivity contribution in [2.24, 2.45) is 0 Å². The quantitative estimate of drug-likeness (QED) is 0.458. The highest BCUT2D eigenvalue weighted by Crippen LogP contribution is 2.33. The van der Waals surface area contributed by atoms with Gasteiger partial charge in [-0.2, -0.15) is 0 Å². The summed E-state index contributed by atoms with van der Waals surface area (Å²) in [6.07, 6.45) is 3.93. The number of phenolic OH excluding ortho intramolecular Hbond substituents is 3. The highest BCUT2D eigenvalue weighted by molar-refractivity contribution is 6.05. The van der Waals surface area contributed by atoms with Gasteiger partial charge in [0, 0.05) is 5.56 Å². The van der Waals surface area contributed by atoms with E-state index in [1.165, 1.54) is 12.1 Å². The third-order valence-electron chi connectivity index (χ3n) is 3.79. The monoisotopic (exact) mass is 324 g/mol. The highest BCUT2D eigenvalue weighted by atomic mass is 16.5. The first-order chi connectivity index (χ1) is 11.5. The van der Waals surface area contributed by atoms with Gasteiger partial charge in [-0.05, 0) is 60.0 Å². The molecule has 2 aromatic carbocycles. The number of cyclic esters (lactones) is 1. The molecule has 0 fully saturated rings. The van der Waals surface area contributed by atoms with Crippen molar-refractivity contribution in [1.82, 2.24) is 0 Å². The Hall–Kier alpha value is -3.21. The fraction of sp³-hybridized carbons (Fsp3) is 0.105. The molecule has 0 saturated carbocycles. The molecule has 0 amide bonds. The van der Waals surface area contributed by atoms with E-state index in [1.54, 1.807) is 30.4 Å². The van der Waals surface area contributed by atoms with Crippen LogP contribution in [0.3, 0.4) is 0 Å². The first kappa shape index (κ1) is 15.7. The largest absolute Gasteiger partial charge is 0.508 e. The number of carbonyl (C=O) groups excluding carboxylic acids is 1. The average Bonchev–Trinajstić information content (AvgIpc) is 2.92. The first-order valence-electron chi connectivity index (χ1n) is 7.47. The molecule has 122 valence electrons. The number of benzene rings is 2. The number of carbonyl (C=O) groups is 1. The topological polar surface area (TPSA) is 87.0 Å². The van der Waals surface area contributed by atoms with Gasteiger partial charge in [-0.3, -0.25) is 0 Å². The van der Waals surface area contributed by atoms with Crippen LogP contribution in [0.1, 0.15) is 23.6 Å². The van der Waals surface area contributed by atoms with Gasteiger partial charge in [-0.25, -0.2) is 4.79 Å². The molecule has 0 atom stereocenters. The van der Waals surface area contributed by atoms with Crippen molar-refractivity contribution in [2.45, 2.75) is 13.3 Å². The second-order valence-electron chi connectivity index (χ2n) is 5.44. The van der Waals surface area contributed by atoms with E-state index >= 15 is 0 Å². The van der Waals surface area contributed by atoms with Crippen molar-refractivity contribution >= 4 is 17.8 Å². The average molecular weight is 324 g/mol. The second kappa shape index (κ2) is 6.12. The van der Waals surface area contributed by atoms with Gasteiger partial charge in [0.25, 0.3) is 0 Å². The van der Waals surface area contributed by atoms with Crippen LogP contribution in [0.2, 0.25) is 0 Å². The van der Waals surface area contributed by atoms with E-state index in [0.29, 0.717) is 23.3 Å². The van der Waals surface area contributed by atoms with Gasteiger partial charge in [-0.15, -0.1) is 0 Å². The van der Waals surface area contributed by atoms with Crippen molar-refractivity contribution in [3.8, 4) is 17.2 Å². The Morgan fingerprint density at radius 2 is 1.75 bits per heavy atom. The molecule has 1 aliphatic heterocycles. The predicted molar refractivity (Wildman–Crippen MR) is 89.3 cm³/mol. The maximum atomic E-state index is 12.0. The van der Waals surface area contributed by atoms with Gasteiger partial charge in [0.1, 0.15) is 11.5 Å². The van der Waals surface area contributed by atoms with Crippen LogP contribution in [-0.4, -0.2) is 21.3 Å². The van der Waals surface area contributed by atoms with Gasteiger partial charge >= 0.3 is 5.97 Å². The summed E-state index contributed by atoms with van der Waals surface area (Å²) in [7, 11) is 0. The van der Waals surface area contributed by atoms with Crippen molar-refractivity contribution in [2.75, 3.05) is 0 Å². The summed E-state index contributed by atoms with van der Waals surface area (Å²) in [5, 5.41) is 28.6. The fourth-order valence-corrected chi connectivity index (χ4v) is 2.47. The Bertz CT molecular complexity index is 877. The third-order valence-corrected chi connectivity index (χ3v) is 3.79. The van der Waals surface area contributed by atoms with E-state index in [-0.39, 0.29) is 17.2 Å². The zero-order chi connectivity index (χ0) is 17.3. The predicted octanol–water partition coefficient (Wildman–Crippen LogP) is 3.35. The first-order valence-corrected chi connectivity index (χ1v) is 7.47. The molecular formula is C19H16O5. The number of phenols is 3. The van der Waals surface area contributed by atoms with Crippen molar-refractivity contribution in [1.29, 1.82) is 0 Å². The molecular weight excluding hydrogens is 308 g/mol. The second-order valence-corrected chi connectivity index (χ2v) is 5.44. The molecule has 3 rings (SSSR count). The van der Waals surface area contributed by atoms with Gasteiger partial charge in [0.05, 0.1) is 5.57 Å². The summed E-state index contributed by atoms with van der Waals surface area (Å²) in [6, 6.07) is 9.32. The molecule has 2 aromatic rings. The Kier molecular flexibility index (Phi) is 4.00. The SMILES string of the molecule is CCc1cc(/C=C2\C=C(c3ccc(O)c(O)c3)OC2=O)ccc1O. The molecule has 24 heavy (non-hydrogen) atoms. The summed E-state index contributed by atoms with van der Waals surface area (Å²) in [5.41, 5.74) is 2.43. The smallest absolute Gasteiger partial charge is 0.343 e. The van der Waals surface area contributed by atoms with E-state index < -0.39 is 5.97 Å².